The molecule has 0 saturated heterocycles. The van der Waals surface area contributed by atoms with Crippen LogP contribution in [0.5, 0.6) is 0 Å². The van der Waals surface area contributed by atoms with Gasteiger partial charge < -0.3 is 10.1 Å². The topological polar surface area (TPSA) is 55.4 Å². The lowest BCUT2D eigenvalue weighted by molar-refractivity contribution is -0.146. The summed E-state index contributed by atoms with van der Waals surface area (Å²) in [6.07, 6.45) is 6.69. The highest BCUT2D eigenvalue weighted by atomic mass is 35.5. The third-order valence-electron chi connectivity index (χ3n) is 3.53. The molecule has 1 amide bonds. The monoisotopic (exact) mass is 371 g/mol. The number of esters is 1. The van der Waals surface area contributed by atoms with Crippen LogP contribution in [0.25, 0.3) is 0 Å². The number of rotatable bonds is 11. The number of amides is 1. The van der Waals surface area contributed by atoms with Crippen molar-refractivity contribution in [3.63, 3.8) is 0 Å². The fraction of sp³-hybridized carbons (Fsp3) is 0.556. The van der Waals surface area contributed by atoms with Crippen LogP contribution in [-0.2, 0) is 9.53 Å². The van der Waals surface area contributed by atoms with Gasteiger partial charge in [-0.1, -0.05) is 43.9 Å². The number of carbonyl (C=O) groups excluding carboxylic acids is 2. The van der Waals surface area contributed by atoms with E-state index in [9.17, 15) is 9.59 Å². The molecule has 0 aliphatic rings. The third kappa shape index (κ3) is 8.06. The van der Waals surface area contributed by atoms with E-state index in [0.717, 1.165) is 31.4 Å². The first kappa shape index (κ1) is 20.8. The molecule has 1 rings (SSSR count). The Kier molecular flexibility index (Phi) is 10.6. The highest BCUT2D eigenvalue weighted by Crippen LogP contribution is 2.12. The zero-order valence-electron chi connectivity index (χ0n) is 14.3. The molecule has 4 nitrogen and oxygen atoms in total. The first-order valence-corrected chi connectivity index (χ1v) is 10.1. The normalized spacial score (nSPS) is 11.8. The molecule has 24 heavy (non-hydrogen) atoms. The lowest BCUT2D eigenvalue weighted by atomic mass is 10.1. The molecule has 1 aromatic carbocycles. The molecule has 1 atom stereocenters. The molecule has 0 radical (unpaired) electrons. The Morgan fingerprint density at radius 2 is 2.08 bits per heavy atom. The first-order chi connectivity index (χ1) is 11.6. The molecule has 0 spiro atoms. The molecular weight excluding hydrogens is 346 g/mol. The van der Waals surface area contributed by atoms with Crippen LogP contribution in [-0.4, -0.2) is 36.5 Å². The molecule has 0 bridgehead atoms. The SMILES string of the molecule is CCCCCCOC(=O)[C@H](CCSC)NC(=O)c1cccc(Cl)c1. The van der Waals surface area contributed by atoms with E-state index in [4.69, 9.17) is 16.3 Å². The number of thioether (sulfide) groups is 1. The summed E-state index contributed by atoms with van der Waals surface area (Å²) in [5, 5.41) is 3.25. The number of carbonyl (C=O) groups is 2. The molecule has 0 aromatic heterocycles. The van der Waals surface area contributed by atoms with Crippen LogP contribution in [0.1, 0.15) is 49.4 Å². The van der Waals surface area contributed by atoms with Crippen LogP contribution in [0, 0.1) is 0 Å². The quantitative estimate of drug-likeness (QED) is 0.465. The number of halogens is 1. The predicted octanol–water partition coefficient (Wildman–Crippen LogP) is 4.32. The summed E-state index contributed by atoms with van der Waals surface area (Å²) in [7, 11) is 0. The van der Waals surface area contributed by atoms with Crippen LogP contribution in [0.2, 0.25) is 5.02 Å². The second-order valence-electron chi connectivity index (χ2n) is 5.55. The molecule has 134 valence electrons. The maximum atomic E-state index is 12.3. The van der Waals surface area contributed by atoms with Crippen molar-refractivity contribution in [3.05, 3.63) is 34.9 Å². The highest BCUT2D eigenvalue weighted by Gasteiger charge is 2.22. The Morgan fingerprint density at radius 1 is 1.29 bits per heavy atom. The van der Waals surface area contributed by atoms with Gasteiger partial charge in [0.15, 0.2) is 0 Å². The second-order valence-corrected chi connectivity index (χ2v) is 6.97. The molecule has 1 N–H and O–H groups in total. The van der Waals surface area contributed by atoms with Gasteiger partial charge in [-0.3, -0.25) is 4.79 Å². The van der Waals surface area contributed by atoms with Crippen LogP contribution < -0.4 is 5.32 Å². The van der Waals surface area contributed by atoms with Crippen molar-refractivity contribution in [1.82, 2.24) is 5.32 Å². The van der Waals surface area contributed by atoms with Crippen LogP contribution in [0.15, 0.2) is 24.3 Å². The number of unbranched alkanes of at least 4 members (excludes halogenated alkanes) is 3. The summed E-state index contributed by atoms with van der Waals surface area (Å²) in [5.41, 5.74) is 0.437. The van der Waals surface area contributed by atoms with E-state index in [2.05, 4.69) is 12.2 Å². The number of hydrogen-bond acceptors (Lipinski definition) is 4. The summed E-state index contributed by atoms with van der Waals surface area (Å²) < 4.78 is 5.32. The molecule has 0 aliphatic carbocycles. The average molecular weight is 372 g/mol. The molecule has 6 heteroatoms. The van der Waals surface area contributed by atoms with E-state index in [1.165, 1.54) is 0 Å². The molecule has 1 aromatic rings. The third-order valence-corrected chi connectivity index (χ3v) is 4.41. The molecule has 0 fully saturated rings. The number of benzene rings is 1. The summed E-state index contributed by atoms with van der Waals surface area (Å²) >= 11 is 7.53. The zero-order valence-corrected chi connectivity index (χ0v) is 15.9. The van der Waals surface area contributed by atoms with Crippen molar-refractivity contribution in [2.75, 3.05) is 18.6 Å². The molecule has 0 unspecified atom stereocenters. The number of nitrogens with one attached hydrogen (secondary N) is 1. The van der Waals surface area contributed by atoms with Crippen LogP contribution in [0.3, 0.4) is 0 Å². The number of hydrogen-bond donors (Lipinski definition) is 1. The predicted molar refractivity (Wildman–Crippen MR) is 101 cm³/mol. The fourth-order valence-corrected chi connectivity index (χ4v) is 2.82. The molecule has 0 aliphatic heterocycles. The standard InChI is InChI=1S/C18H26ClNO3S/c1-3-4-5-6-11-23-18(22)16(10-12-24-2)20-17(21)14-8-7-9-15(19)13-14/h7-9,13,16H,3-6,10-12H2,1-2H3,(H,20,21)/t16-/m0/s1. The van der Waals surface area contributed by atoms with Crippen molar-refractivity contribution in [2.45, 2.75) is 45.1 Å². The van der Waals surface area contributed by atoms with Gasteiger partial charge in [-0.2, -0.15) is 11.8 Å². The van der Waals surface area contributed by atoms with Crippen molar-refractivity contribution in [3.8, 4) is 0 Å². The van der Waals surface area contributed by atoms with E-state index in [1.54, 1.807) is 36.0 Å². The van der Waals surface area contributed by atoms with Gasteiger partial charge in [0, 0.05) is 10.6 Å². The Labute approximate surface area is 153 Å². The highest BCUT2D eigenvalue weighted by molar-refractivity contribution is 7.98. The van der Waals surface area contributed by atoms with E-state index in [-0.39, 0.29) is 11.9 Å². The first-order valence-electron chi connectivity index (χ1n) is 8.30. The smallest absolute Gasteiger partial charge is 0.328 e. The van der Waals surface area contributed by atoms with Gasteiger partial charge in [-0.25, -0.2) is 4.79 Å². The Balaban J connectivity index is 2.57. The van der Waals surface area contributed by atoms with E-state index >= 15 is 0 Å². The van der Waals surface area contributed by atoms with Crippen molar-refractivity contribution >= 4 is 35.2 Å². The molecule has 0 saturated carbocycles. The van der Waals surface area contributed by atoms with Gasteiger partial charge in [-0.05, 0) is 43.0 Å². The largest absolute Gasteiger partial charge is 0.464 e. The summed E-state index contributed by atoms with van der Waals surface area (Å²) in [6.45, 7) is 2.54. The van der Waals surface area contributed by atoms with Crippen LogP contribution >= 0.6 is 23.4 Å². The minimum Gasteiger partial charge on any atom is -0.464 e. The minimum absolute atomic E-state index is 0.313. The van der Waals surface area contributed by atoms with E-state index in [1.807, 2.05) is 6.26 Å². The number of ether oxygens (including phenoxy) is 1. The molecular formula is C18H26ClNO3S. The zero-order chi connectivity index (χ0) is 17.8. The van der Waals surface area contributed by atoms with Gasteiger partial charge in [0.1, 0.15) is 6.04 Å². The fourth-order valence-electron chi connectivity index (χ4n) is 2.16. The summed E-state index contributed by atoms with van der Waals surface area (Å²) in [4.78, 5) is 24.5. The van der Waals surface area contributed by atoms with Gasteiger partial charge in [0.25, 0.3) is 5.91 Å². The lowest BCUT2D eigenvalue weighted by Crippen LogP contribution is -2.42. The van der Waals surface area contributed by atoms with Gasteiger partial charge in [0.2, 0.25) is 0 Å². The second kappa shape index (κ2) is 12.2. The van der Waals surface area contributed by atoms with Crippen molar-refractivity contribution in [2.24, 2.45) is 0 Å². The molecule has 0 heterocycles. The Hall–Kier alpha value is -1.20. The average Bonchev–Trinajstić information content (AvgIpc) is 2.58. The van der Waals surface area contributed by atoms with Crippen molar-refractivity contribution in [1.29, 1.82) is 0 Å². The Bertz CT molecular complexity index is 525. The summed E-state index contributed by atoms with van der Waals surface area (Å²) in [6, 6.07) is 6.03. The maximum Gasteiger partial charge on any atom is 0.328 e. The van der Waals surface area contributed by atoms with Crippen LogP contribution in [0.4, 0.5) is 0 Å². The van der Waals surface area contributed by atoms with Gasteiger partial charge in [0.05, 0.1) is 6.61 Å². The van der Waals surface area contributed by atoms with Crippen molar-refractivity contribution < 1.29 is 14.3 Å². The van der Waals surface area contributed by atoms with E-state index in [0.29, 0.717) is 23.6 Å². The lowest BCUT2D eigenvalue weighted by Gasteiger charge is -2.17. The maximum absolute atomic E-state index is 12.3. The van der Waals surface area contributed by atoms with Gasteiger partial charge >= 0.3 is 5.97 Å². The van der Waals surface area contributed by atoms with Gasteiger partial charge in [-0.15, -0.1) is 0 Å². The summed E-state index contributed by atoms with van der Waals surface area (Å²) in [5.74, 6) is 0.0910. The Morgan fingerprint density at radius 3 is 2.75 bits per heavy atom. The van der Waals surface area contributed by atoms with E-state index < -0.39 is 6.04 Å². The minimum atomic E-state index is -0.630.